The molecule has 0 spiro atoms. The summed E-state index contributed by atoms with van der Waals surface area (Å²) in [6.07, 6.45) is 1.87. The van der Waals surface area contributed by atoms with Gasteiger partial charge in [-0.3, -0.25) is 14.5 Å². The van der Waals surface area contributed by atoms with Crippen molar-refractivity contribution in [1.82, 2.24) is 20.9 Å². The maximum atomic E-state index is 11.7. The Morgan fingerprint density at radius 1 is 1.18 bits per heavy atom. The number of carbonyl (C=O) groups excluding carboxylic acids is 2. The number of amides is 2. The van der Waals surface area contributed by atoms with Gasteiger partial charge < -0.3 is 20.7 Å². The van der Waals surface area contributed by atoms with Crippen molar-refractivity contribution in [2.45, 2.75) is 18.9 Å². The molecule has 0 radical (unpaired) electrons. The fourth-order valence-electron chi connectivity index (χ4n) is 2.44. The highest BCUT2D eigenvalue weighted by Crippen LogP contribution is 2.03. The van der Waals surface area contributed by atoms with Crippen molar-refractivity contribution < 1.29 is 14.3 Å². The van der Waals surface area contributed by atoms with Crippen LogP contribution in [0.25, 0.3) is 0 Å². The normalized spacial score (nSPS) is 21.4. The van der Waals surface area contributed by atoms with Crippen LogP contribution in [0.3, 0.4) is 0 Å². The Bertz CT molecular complexity index is 335. The Morgan fingerprint density at radius 2 is 1.91 bits per heavy atom. The SMILES string of the molecule is Cl.Cl.O=C(CNC(=O)C1CCCN1)NCCN1CCOCC1. The summed E-state index contributed by atoms with van der Waals surface area (Å²) in [6.45, 7) is 5.73. The molecule has 22 heavy (non-hydrogen) atoms. The van der Waals surface area contributed by atoms with Gasteiger partial charge in [0.2, 0.25) is 11.8 Å². The lowest BCUT2D eigenvalue weighted by Gasteiger charge is -2.26. The summed E-state index contributed by atoms with van der Waals surface area (Å²) in [4.78, 5) is 25.6. The summed E-state index contributed by atoms with van der Waals surface area (Å²) in [5, 5.41) is 8.59. The molecule has 2 heterocycles. The van der Waals surface area contributed by atoms with Gasteiger partial charge in [-0.1, -0.05) is 0 Å². The number of hydrogen-bond acceptors (Lipinski definition) is 5. The largest absolute Gasteiger partial charge is 0.379 e. The Labute approximate surface area is 143 Å². The van der Waals surface area contributed by atoms with Crippen LogP contribution in [0.5, 0.6) is 0 Å². The zero-order valence-corrected chi connectivity index (χ0v) is 14.3. The van der Waals surface area contributed by atoms with Crippen LogP contribution in [-0.4, -0.2) is 75.2 Å². The van der Waals surface area contributed by atoms with Gasteiger partial charge in [0, 0.05) is 26.2 Å². The first kappa shape index (κ1) is 21.4. The molecule has 3 N–H and O–H groups in total. The fourth-order valence-corrected chi connectivity index (χ4v) is 2.44. The van der Waals surface area contributed by atoms with Gasteiger partial charge in [0.1, 0.15) is 0 Å². The van der Waals surface area contributed by atoms with E-state index in [1.807, 2.05) is 0 Å². The molecule has 0 aromatic rings. The smallest absolute Gasteiger partial charge is 0.239 e. The number of ether oxygens (including phenoxy) is 1. The highest BCUT2D eigenvalue weighted by Gasteiger charge is 2.21. The summed E-state index contributed by atoms with van der Waals surface area (Å²) in [5.41, 5.74) is 0. The van der Waals surface area contributed by atoms with Crippen LogP contribution in [0.4, 0.5) is 0 Å². The number of hydrogen-bond donors (Lipinski definition) is 3. The van der Waals surface area contributed by atoms with Gasteiger partial charge in [0.25, 0.3) is 0 Å². The Balaban J connectivity index is 0.00000220. The lowest BCUT2D eigenvalue weighted by Crippen LogP contribution is -2.46. The maximum Gasteiger partial charge on any atom is 0.239 e. The molecule has 2 aliphatic heterocycles. The lowest BCUT2D eigenvalue weighted by molar-refractivity contribution is -0.127. The molecule has 2 saturated heterocycles. The van der Waals surface area contributed by atoms with Crippen LogP contribution in [0.1, 0.15) is 12.8 Å². The van der Waals surface area contributed by atoms with Gasteiger partial charge in [-0.05, 0) is 19.4 Å². The van der Waals surface area contributed by atoms with E-state index in [0.717, 1.165) is 52.2 Å². The van der Waals surface area contributed by atoms with Crippen molar-refractivity contribution in [3.05, 3.63) is 0 Å². The van der Waals surface area contributed by atoms with Crippen LogP contribution in [0, 0.1) is 0 Å². The highest BCUT2D eigenvalue weighted by atomic mass is 35.5. The first-order valence-corrected chi connectivity index (χ1v) is 7.33. The molecule has 2 aliphatic rings. The average Bonchev–Trinajstić information content (AvgIpc) is 3.00. The maximum absolute atomic E-state index is 11.7. The summed E-state index contributed by atoms with van der Waals surface area (Å²) < 4.78 is 5.26. The van der Waals surface area contributed by atoms with Crippen LogP contribution < -0.4 is 16.0 Å². The Hall–Kier alpha value is -0.600. The van der Waals surface area contributed by atoms with Gasteiger partial charge in [0.05, 0.1) is 25.8 Å². The summed E-state index contributed by atoms with van der Waals surface area (Å²) in [7, 11) is 0. The van der Waals surface area contributed by atoms with E-state index in [2.05, 4.69) is 20.9 Å². The average molecular weight is 357 g/mol. The number of rotatable bonds is 6. The van der Waals surface area contributed by atoms with Gasteiger partial charge >= 0.3 is 0 Å². The fraction of sp³-hybridized carbons (Fsp3) is 0.846. The first-order valence-electron chi connectivity index (χ1n) is 7.33. The van der Waals surface area contributed by atoms with E-state index < -0.39 is 0 Å². The molecule has 2 fully saturated rings. The standard InChI is InChI=1S/C13H24N4O3.2ClH/c18-12(10-16-13(19)11-2-1-3-14-11)15-4-5-17-6-8-20-9-7-17;;/h11,14H,1-10H2,(H,15,18)(H,16,19);2*1H. The lowest BCUT2D eigenvalue weighted by atomic mass is 10.2. The van der Waals surface area contributed by atoms with Crippen molar-refractivity contribution >= 4 is 36.6 Å². The van der Waals surface area contributed by atoms with E-state index in [4.69, 9.17) is 4.74 Å². The molecule has 0 aromatic heterocycles. The summed E-state index contributed by atoms with van der Waals surface area (Å²) in [6, 6.07) is -0.129. The predicted molar refractivity (Wildman–Crippen MR) is 88.8 cm³/mol. The second kappa shape index (κ2) is 11.9. The van der Waals surface area contributed by atoms with E-state index in [1.54, 1.807) is 0 Å². The minimum Gasteiger partial charge on any atom is -0.379 e. The second-order valence-corrected chi connectivity index (χ2v) is 5.17. The summed E-state index contributed by atoms with van der Waals surface area (Å²) in [5.74, 6) is -0.213. The predicted octanol–water partition coefficient (Wildman–Crippen LogP) is -0.853. The van der Waals surface area contributed by atoms with Crippen molar-refractivity contribution in [2.24, 2.45) is 0 Å². The van der Waals surface area contributed by atoms with Crippen LogP contribution in [0.15, 0.2) is 0 Å². The van der Waals surface area contributed by atoms with Gasteiger partial charge in [-0.25, -0.2) is 0 Å². The number of halogens is 2. The second-order valence-electron chi connectivity index (χ2n) is 5.17. The van der Waals surface area contributed by atoms with Crippen molar-refractivity contribution in [3.63, 3.8) is 0 Å². The molecule has 130 valence electrons. The van der Waals surface area contributed by atoms with Crippen molar-refractivity contribution in [3.8, 4) is 0 Å². The third-order valence-electron chi connectivity index (χ3n) is 3.65. The number of carbonyl (C=O) groups is 2. The first-order chi connectivity index (χ1) is 9.75. The quantitative estimate of drug-likeness (QED) is 0.577. The highest BCUT2D eigenvalue weighted by molar-refractivity contribution is 5.87. The van der Waals surface area contributed by atoms with E-state index in [1.165, 1.54) is 0 Å². The molecule has 9 heteroatoms. The molecule has 0 aliphatic carbocycles. The minimum absolute atomic E-state index is 0. The van der Waals surface area contributed by atoms with E-state index in [-0.39, 0.29) is 49.2 Å². The molecule has 0 saturated carbocycles. The molecule has 1 unspecified atom stereocenters. The van der Waals surface area contributed by atoms with Crippen LogP contribution in [-0.2, 0) is 14.3 Å². The molecular formula is C13H26Cl2N4O3. The molecule has 0 bridgehead atoms. The third-order valence-corrected chi connectivity index (χ3v) is 3.65. The minimum atomic E-state index is -0.135. The summed E-state index contributed by atoms with van der Waals surface area (Å²) >= 11 is 0. The zero-order valence-electron chi connectivity index (χ0n) is 12.6. The molecule has 7 nitrogen and oxygen atoms in total. The molecular weight excluding hydrogens is 331 g/mol. The van der Waals surface area contributed by atoms with Crippen molar-refractivity contribution in [1.29, 1.82) is 0 Å². The number of nitrogens with zero attached hydrogens (tertiary/aromatic N) is 1. The number of morpholine rings is 1. The Morgan fingerprint density at radius 3 is 2.55 bits per heavy atom. The number of nitrogens with one attached hydrogen (secondary N) is 3. The van der Waals surface area contributed by atoms with Gasteiger partial charge in [-0.2, -0.15) is 0 Å². The van der Waals surface area contributed by atoms with Crippen LogP contribution >= 0.6 is 24.8 Å². The zero-order chi connectivity index (χ0) is 14.2. The molecule has 1 atom stereocenters. The molecule has 0 aromatic carbocycles. The Kier molecular flexibility index (Phi) is 11.6. The van der Waals surface area contributed by atoms with Gasteiger partial charge in [0.15, 0.2) is 0 Å². The molecule has 2 rings (SSSR count). The monoisotopic (exact) mass is 356 g/mol. The van der Waals surface area contributed by atoms with Crippen molar-refractivity contribution in [2.75, 3.05) is 52.5 Å². The third kappa shape index (κ3) is 7.60. The molecule has 2 amide bonds. The topological polar surface area (TPSA) is 82.7 Å². The van der Waals surface area contributed by atoms with Gasteiger partial charge in [-0.15, -0.1) is 24.8 Å². The van der Waals surface area contributed by atoms with E-state index >= 15 is 0 Å². The van der Waals surface area contributed by atoms with E-state index in [9.17, 15) is 9.59 Å². The van der Waals surface area contributed by atoms with E-state index in [0.29, 0.717) is 6.54 Å². The van der Waals surface area contributed by atoms with Crippen LogP contribution in [0.2, 0.25) is 0 Å².